The number of nitrogens with one attached hydrogen (secondary N) is 2. The van der Waals surface area contributed by atoms with E-state index in [1.807, 2.05) is 12.1 Å². The van der Waals surface area contributed by atoms with Gasteiger partial charge in [-0.25, -0.2) is 0 Å². The number of hydrogen-bond donors (Lipinski definition) is 2. The standard InChI is InChI=1S/C17H26N2O/c1-13-5-3-4-6-16(13)14(2)19-17(20)8-7-15-9-11-18-12-10-15/h3-6,14-15,18H,7-12H2,1-2H3,(H,19,20)/t14-/m0/s1. The first-order chi connectivity index (χ1) is 9.66. The number of amides is 1. The first kappa shape index (κ1) is 15.0. The molecule has 0 aliphatic carbocycles. The Balaban J connectivity index is 1.77. The molecule has 1 heterocycles. The Kier molecular flexibility index (Phi) is 5.60. The van der Waals surface area contributed by atoms with Gasteiger partial charge in [0.05, 0.1) is 6.04 Å². The van der Waals surface area contributed by atoms with E-state index in [0.29, 0.717) is 6.42 Å². The summed E-state index contributed by atoms with van der Waals surface area (Å²) in [4.78, 5) is 12.1. The molecule has 3 nitrogen and oxygen atoms in total. The summed E-state index contributed by atoms with van der Waals surface area (Å²) in [5, 5.41) is 6.48. The molecule has 1 fully saturated rings. The van der Waals surface area contributed by atoms with E-state index in [4.69, 9.17) is 0 Å². The topological polar surface area (TPSA) is 41.1 Å². The molecule has 0 aromatic heterocycles. The van der Waals surface area contributed by atoms with Crippen LogP contribution in [0.15, 0.2) is 24.3 Å². The number of rotatable bonds is 5. The SMILES string of the molecule is Cc1ccccc1[C@H](C)NC(=O)CCC1CCNCC1. The molecule has 110 valence electrons. The van der Waals surface area contributed by atoms with Crippen molar-refractivity contribution in [2.75, 3.05) is 13.1 Å². The van der Waals surface area contributed by atoms with Crippen molar-refractivity contribution in [3.05, 3.63) is 35.4 Å². The van der Waals surface area contributed by atoms with Crippen LogP contribution in [0.5, 0.6) is 0 Å². The monoisotopic (exact) mass is 274 g/mol. The molecule has 0 unspecified atom stereocenters. The van der Waals surface area contributed by atoms with Crippen molar-refractivity contribution in [2.24, 2.45) is 5.92 Å². The fourth-order valence-electron chi connectivity index (χ4n) is 2.97. The maximum atomic E-state index is 12.1. The number of piperidine rings is 1. The molecule has 1 aliphatic rings. The van der Waals surface area contributed by atoms with Gasteiger partial charge in [-0.15, -0.1) is 0 Å². The molecule has 1 atom stereocenters. The smallest absolute Gasteiger partial charge is 0.220 e. The molecule has 1 amide bonds. The summed E-state index contributed by atoms with van der Waals surface area (Å²) >= 11 is 0. The van der Waals surface area contributed by atoms with Gasteiger partial charge in [0.1, 0.15) is 0 Å². The van der Waals surface area contributed by atoms with Crippen LogP contribution in [0.3, 0.4) is 0 Å². The van der Waals surface area contributed by atoms with E-state index in [-0.39, 0.29) is 11.9 Å². The second kappa shape index (κ2) is 7.44. The molecule has 1 aromatic rings. The van der Waals surface area contributed by atoms with Crippen LogP contribution in [-0.4, -0.2) is 19.0 Å². The summed E-state index contributed by atoms with van der Waals surface area (Å²) in [6.07, 6.45) is 4.09. The number of aryl methyl sites for hydroxylation is 1. The van der Waals surface area contributed by atoms with Crippen molar-refractivity contribution in [1.29, 1.82) is 0 Å². The van der Waals surface area contributed by atoms with Crippen LogP contribution in [-0.2, 0) is 4.79 Å². The van der Waals surface area contributed by atoms with Crippen LogP contribution in [0.25, 0.3) is 0 Å². The Morgan fingerprint density at radius 1 is 1.35 bits per heavy atom. The van der Waals surface area contributed by atoms with Gasteiger partial charge in [0.2, 0.25) is 5.91 Å². The van der Waals surface area contributed by atoms with Crippen molar-refractivity contribution in [1.82, 2.24) is 10.6 Å². The summed E-state index contributed by atoms with van der Waals surface area (Å²) in [7, 11) is 0. The van der Waals surface area contributed by atoms with Crippen LogP contribution in [0, 0.1) is 12.8 Å². The normalized spacial score (nSPS) is 17.7. The lowest BCUT2D eigenvalue weighted by molar-refractivity contribution is -0.122. The lowest BCUT2D eigenvalue weighted by atomic mass is 9.93. The average Bonchev–Trinajstić information content (AvgIpc) is 2.46. The van der Waals surface area contributed by atoms with Crippen molar-refractivity contribution in [3.63, 3.8) is 0 Å². The van der Waals surface area contributed by atoms with Crippen molar-refractivity contribution < 1.29 is 4.79 Å². The maximum absolute atomic E-state index is 12.1. The van der Waals surface area contributed by atoms with E-state index >= 15 is 0 Å². The van der Waals surface area contributed by atoms with E-state index in [1.165, 1.54) is 24.0 Å². The van der Waals surface area contributed by atoms with Gasteiger partial charge in [0.15, 0.2) is 0 Å². The Bertz CT molecular complexity index is 438. The average molecular weight is 274 g/mol. The third-order valence-electron chi connectivity index (χ3n) is 4.27. The van der Waals surface area contributed by atoms with Crippen molar-refractivity contribution in [2.45, 2.75) is 45.6 Å². The molecule has 0 saturated carbocycles. The van der Waals surface area contributed by atoms with E-state index in [2.05, 4.69) is 36.6 Å². The summed E-state index contributed by atoms with van der Waals surface area (Å²) in [5.74, 6) is 0.898. The van der Waals surface area contributed by atoms with Gasteiger partial charge in [-0.1, -0.05) is 24.3 Å². The molecule has 3 heteroatoms. The van der Waals surface area contributed by atoms with Crippen LogP contribution in [0.2, 0.25) is 0 Å². The highest BCUT2D eigenvalue weighted by atomic mass is 16.1. The quantitative estimate of drug-likeness (QED) is 0.866. The lowest BCUT2D eigenvalue weighted by Crippen LogP contribution is -2.30. The van der Waals surface area contributed by atoms with Crippen LogP contribution in [0.1, 0.15) is 49.8 Å². The summed E-state index contributed by atoms with van der Waals surface area (Å²) in [5.41, 5.74) is 2.45. The molecule has 1 saturated heterocycles. The third kappa shape index (κ3) is 4.34. The van der Waals surface area contributed by atoms with Crippen LogP contribution in [0.4, 0.5) is 0 Å². The fourth-order valence-corrected chi connectivity index (χ4v) is 2.97. The minimum atomic E-state index is 0.0942. The predicted octanol–water partition coefficient (Wildman–Crippen LogP) is 2.95. The summed E-state index contributed by atoms with van der Waals surface area (Å²) in [6.45, 7) is 6.36. The Morgan fingerprint density at radius 3 is 2.75 bits per heavy atom. The highest BCUT2D eigenvalue weighted by Gasteiger charge is 2.16. The van der Waals surface area contributed by atoms with Gasteiger partial charge in [0.25, 0.3) is 0 Å². The number of benzene rings is 1. The van der Waals surface area contributed by atoms with Crippen molar-refractivity contribution >= 4 is 5.91 Å². The zero-order valence-electron chi connectivity index (χ0n) is 12.6. The molecule has 2 rings (SSSR count). The molecule has 1 aliphatic heterocycles. The highest BCUT2D eigenvalue weighted by molar-refractivity contribution is 5.76. The number of hydrogen-bond acceptors (Lipinski definition) is 2. The van der Waals surface area contributed by atoms with Crippen LogP contribution < -0.4 is 10.6 Å². The van der Waals surface area contributed by atoms with E-state index in [0.717, 1.165) is 25.4 Å². The van der Waals surface area contributed by atoms with Gasteiger partial charge in [-0.05, 0) is 63.2 Å². The molecular weight excluding hydrogens is 248 g/mol. The first-order valence-electron chi connectivity index (χ1n) is 7.72. The molecule has 0 radical (unpaired) electrons. The van der Waals surface area contributed by atoms with Crippen molar-refractivity contribution in [3.8, 4) is 0 Å². The van der Waals surface area contributed by atoms with Gasteiger partial charge in [0, 0.05) is 6.42 Å². The molecule has 0 bridgehead atoms. The largest absolute Gasteiger partial charge is 0.350 e. The number of carbonyl (C=O) groups is 1. The number of carbonyl (C=O) groups excluding carboxylic acids is 1. The molecule has 1 aromatic carbocycles. The second-order valence-corrected chi connectivity index (χ2v) is 5.88. The Morgan fingerprint density at radius 2 is 2.05 bits per heavy atom. The molecule has 2 N–H and O–H groups in total. The van der Waals surface area contributed by atoms with Gasteiger partial charge >= 0.3 is 0 Å². The minimum absolute atomic E-state index is 0.0942. The minimum Gasteiger partial charge on any atom is -0.350 e. The van der Waals surface area contributed by atoms with E-state index < -0.39 is 0 Å². The lowest BCUT2D eigenvalue weighted by Gasteiger charge is -2.22. The second-order valence-electron chi connectivity index (χ2n) is 5.88. The predicted molar refractivity (Wildman–Crippen MR) is 82.6 cm³/mol. The fraction of sp³-hybridized carbons (Fsp3) is 0.588. The summed E-state index contributed by atoms with van der Waals surface area (Å²) in [6, 6.07) is 8.33. The Hall–Kier alpha value is -1.35. The zero-order chi connectivity index (χ0) is 14.4. The van der Waals surface area contributed by atoms with Gasteiger partial charge < -0.3 is 10.6 Å². The van der Waals surface area contributed by atoms with E-state index in [1.54, 1.807) is 0 Å². The molecule has 0 spiro atoms. The molecule has 20 heavy (non-hydrogen) atoms. The van der Waals surface area contributed by atoms with Crippen LogP contribution >= 0.6 is 0 Å². The Labute approximate surface area is 122 Å². The first-order valence-corrected chi connectivity index (χ1v) is 7.72. The van der Waals surface area contributed by atoms with Gasteiger partial charge in [-0.2, -0.15) is 0 Å². The summed E-state index contributed by atoms with van der Waals surface area (Å²) < 4.78 is 0. The molecular formula is C17H26N2O. The van der Waals surface area contributed by atoms with E-state index in [9.17, 15) is 4.79 Å². The van der Waals surface area contributed by atoms with Gasteiger partial charge in [-0.3, -0.25) is 4.79 Å². The third-order valence-corrected chi connectivity index (χ3v) is 4.27. The maximum Gasteiger partial charge on any atom is 0.220 e. The highest BCUT2D eigenvalue weighted by Crippen LogP contribution is 2.19. The zero-order valence-corrected chi connectivity index (χ0v) is 12.6.